The number of esters is 1. The summed E-state index contributed by atoms with van der Waals surface area (Å²) in [5.74, 6) is -3.70. The minimum absolute atomic E-state index is 0.289. The van der Waals surface area contributed by atoms with Gasteiger partial charge in [-0.3, -0.25) is 0 Å². The fourth-order valence-corrected chi connectivity index (χ4v) is 1.13. The summed E-state index contributed by atoms with van der Waals surface area (Å²) in [5.41, 5.74) is 0.148. The molecule has 1 aromatic carbocycles. The van der Waals surface area contributed by atoms with E-state index in [-0.39, 0.29) is 11.5 Å². The SMILES string of the molecule is C=CCC(=C)C(=O)OC.O=C(O)c1cc(O)c(O)c(O)c1. The number of carboxylic acids is 1. The number of carbonyl (C=O) groups is 2. The van der Waals surface area contributed by atoms with Crippen LogP contribution in [0.4, 0.5) is 0 Å². The second-order valence-corrected chi connectivity index (χ2v) is 3.76. The summed E-state index contributed by atoms with van der Waals surface area (Å²) in [7, 11) is 1.33. The fourth-order valence-electron chi connectivity index (χ4n) is 1.13. The van der Waals surface area contributed by atoms with Gasteiger partial charge in [0.05, 0.1) is 12.7 Å². The smallest absolute Gasteiger partial charge is 0.335 e. The third-order valence-electron chi connectivity index (χ3n) is 2.18. The maximum Gasteiger partial charge on any atom is 0.335 e. The quantitative estimate of drug-likeness (QED) is 0.289. The molecule has 1 aromatic rings. The molecule has 7 heteroatoms. The minimum Gasteiger partial charge on any atom is -0.504 e. The molecule has 0 amide bonds. The van der Waals surface area contributed by atoms with Crippen LogP contribution in [0.25, 0.3) is 0 Å². The summed E-state index contributed by atoms with van der Waals surface area (Å²) in [6.45, 7) is 6.92. The molecule has 0 bridgehead atoms. The fraction of sp³-hybridized carbons (Fsp3) is 0.143. The van der Waals surface area contributed by atoms with Gasteiger partial charge in [-0.1, -0.05) is 12.7 Å². The Balaban J connectivity index is 0.000000400. The first kappa shape index (κ1) is 18.0. The Bertz CT molecular complexity index is 537. The van der Waals surface area contributed by atoms with E-state index in [4.69, 9.17) is 20.4 Å². The molecule has 7 nitrogen and oxygen atoms in total. The Kier molecular flexibility index (Phi) is 7.09. The van der Waals surface area contributed by atoms with Gasteiger partial charge in [0.25, 0.3) is 0 Å². The van der Waals surface area contributed by atoms with Crippen molar-refractivity contribution >= 4 is 11.9 Å². The minimum atomic E-state index is -1.29. The monoisotopic (exact) mass is 296 g/mol. The molecule has 0 atom stereocenters. The van der Waals surface area contributed by atoms with Crippen molar-refractivity contribution in [2.45, 2.75) is 6.42 Å². The molecule has 0 aliphatic rings. The van der Waals surface area contributed by atoms with Crippen molar-refractivity contribution in [1.29, 1.82) is 0 Å². The number of hydrogen-bond acceptors (Lipinski definition) is 6. The lowest BCUT2D eigenvalue weighted by Gasteiger charge is -2.01. The topological polar surface area (TPSA) is 124 Å². The zero-order valence-electron chi connectivity index (χ0n) is 11.4. The molecule has 4 N–H and O–H groups in total. The Morgan fingerprint density at radius 1 is 1.24 bits per heavy atom. The molecule has 0 saturated heterocycles. The van der Waals surface area contributed by atoms with Crippen LogP contribution in [-0.2, 0) is 9.53 Å². The Hall–Kier alpha value is -2.96. The lowest BCUT2D eigenvalue weighted by atomic mass is 10.2. The highest BCUT2D eigenvalue weighted by molar-refractivity contribution is 5.89. The standard InChI is InChI=1S/C7H6O5.C7H10O2/c8-4-1-3(7(11)12)2-5(9)6(4)10;1-4-5-6(2)7(8)9-3/h1-2,8-10H,(H,11,12);4H,1-2,5H2,3H3. The van der Waals surface area contributed by atoms with Crippen molar-refractivity contribution < 1.29 is 34.8 Å². The number of allylic oxidation sites excluding steroid dienone is 1. The Morgan fingerprint density at radius 2 is 1.71 bits per heavy atom. The van der Waals surface area contributed by atoms with Crippen molar-refractivity contribution in [2.75, 3.05) is 7.11 Å². The summed E-state index contributed by atoms with van der Waals surface area (Å²) in [5, 5.41) is 35.0. The van der Waals surface area contributed by atoms with E-state index in [1.54, 1.807) is 6.08 Å². The molecule has 1 rings (SSSR count). The van der Waals surface area contributed by atoms with E-state index in [0.29, 0.717) is 12.0 Å². The first-order valence-corrected chi connectivity index (χ1v) is 5.59. The predicted octanol–water partition coefficient (Wildman–Crippen LogP) is 1.79. The van der Waals surface area contributed by atoms with Crippen LogP contribution < -0.4 is 0 Å². The van der Waals surface area contributed by atoms with Gasteiger partial charge in [0, 0.05) is 5.57 Å². The van der Waals surface area contributed by atoms with Crippen LogP contribution in [0.3, 0.4) is 0 Å². The number of phenolic OH excluding ortho intramolecular Hbond substituents is 3. The molecule has 0 heterocycles. The van der Waals surface area contributed by atoms with Gasteiger partial charge in [-0.05, 0) is 18.6 Å². The highest BCUT2D eigenvalue weighted by Crippen LogP contribution is 2.35. The molecular weight excluding hydrogens is 280 g/mol. The van der Waals surface area contributed by atoms with E-state index in [1.165, 1.54) is 7.11 Å². The number of benzene rings is 1. The lowest BCUT2D eigenvalue weighted by molar-refractivity contribution is -0.136. The predicted molar refractivity (Wildman–Crippen MR) is 74.4 cm³/mol. The molecule has 0 spiro atoms. The third kappa shape index (κ3) is 5.68. The van der Waals surface area contributed by atoms with Crippen LogP contribution >= 0.6 is 0 Å². The van der Waals surface area contributed by atoms with E-state index in [9.17, 15) is 9.59 Å². The van der Waals surface area contributed by atoms with E-state index in [1.807, 2.05) is 0 Å². The molecule has 0 fully saturated rings. The number of rotatable bonds is 4. The number of methoxy groups -OCH3 is 1. The first-order valence-electron chi connectivity index (χ1n) is 5.59. The number of aromatic hydroxyl groups is 3. The van der Waals surface area contributed by atoms with Gasteiger partial charge < -0.3 is 25.2 Å². The van der Waals surface area contributed by atoms with Gasteiger partial charge in [-0.25, -0.2) is 9.59 Å². The van der Waals surface area contributed by atoms with Gasteiger partial charge in [-0.15, -0.1) is 6.58 Å². The van der Waals surface area contributed by atoms with E-state index >= 15 is 0 Å². The largest absolute Gasteiger partial charge is 0.504 e. The zero-order valence-corrected chi connectivity index (χ0v) is 11.4. The third-order valence-corrected chi connectivity index (χ3v) is 2.18. The molecule has 21 heavy (non-hydrogen) atoms. The summed E-state index contributed by atoms with van der Waals surface area (Å²) in [4.78, 5) is 20.8. The van der Waals surface area contributed by atoms with Crippen molar-refractivity contribution in [3.8, 4) is 17.2 Å². The lowest BCUT2D eigenvalue weighted by Crippen LogP contribution is -2.01. The van der Waals surface area contributed by atoms with Crippen molar-refractivity contribution in [3.05, 3.63) is 42.5 Å². The van der Waals surface area contributed by atoms with E-state index in [2.05, 4.69) is 17.9 Å². The number of carbonyl (C=O) groups excluding carboxylic acids is 1. The van der Waals surface area contributed by atoms with E-state index in [0.717, 1.165) is 12.1 Å². The van der Waals surface area contributed by atoms with Gasteiger partial charge in [-0.2, -0.15) is 0 Å². The normalized spacial score (nSPS) is 9.00. The van der Waals surface area contributed by atoms with Gasteiger partial charge in [0.2, 0.25) is 0 Å². The summed E-state index contributed by atoms with van der Waals surface area (Å²) in [6, 6.07) is 1.69. The van der Waals surface area contributed by atoms with Crippen LogP contribution in [0.5, 0.6) is 17.2 Å². The maximum atomic E-state index is 10.5. The molecule has 0 aromatic heterocycles. The average molecular weight is 296 g/mol. The number of carboxylic acid groups (broad SMARTS) is 1. The molecule has 0 radical (unpaired) electrons. The van der Waals surface area contributed by atoms with Gasteiger partial charge >= 0.3 is 11.9 Å². The Labute approximate surface area is 121 Å². The number of ether oxygens (including phenoxy) is 1. The molecule has 114 valence electrons. The molecule has 0 unspecified atom stereocenters. The van der Waals surface area contributed by atoms with Crippen LogP contribution in [0.15, 0.2) is 36.9 Å². The number of aromatic carboxylic acids is 1. The molecule has 0 aliphatic heterocycles. The molecule has 0 saturated carbocycles. The Morgan fingerprint density at radius 3 is 2.05 bits per heavy atom. The van der Waals surface area contributed by atoms with Gasteiger partial charge in [0.1, 0.15) is 0 Å². The van der Waals surface area contributed by atoms with Crippen LogP contribution in [-0.4, -0.2) is 39.5 Å². The average Bonchev–Trinajstić information content (AvgIpc) is 2.44. The highest BCUT2D eigenvalue weighted by Gasteiger charge is 2.11. The summed E-state index contributed by atoms with van der Waals surface area (Å²) < 4.78 is 4.38. The second kappa shape index (κ2) is 8.26. The molecular formula is C14H16O7. The van der Waals surface area contributed by atoms with E-state index < -0.39 is 23.2 Å². The maximum absolute atomic E-state index is 10.5. The van der Waals surface area contributed by atoms with Crippen molar-refractivity contribution in [2.24, 2.45) is 0 Å². The van der Waals surface area contributed by atoms with Crippen molar-refractivity contribution in [1.82, 2.24) is 0 Å². The summed E-state index contributed by atoms with van der Waals surface area (Å²) >= 11 is 0. The van der Waals surface area contributed by atoms with Crippen LogP contribution in [0.2, 0.25) is 0 Å². The number of hydrogen-bond donors (Lipinski definition) is 4. The van der Waals surface area contributed by atoms with Crippen LogP contribution in [0.1, 0.15) is 16.8 Å². The van der Waals surface area contributed by atoms with Gasteiger partial charge in [0.15, 0.2) is 17.2 Å². The molecule has 0 aliphatic carbocycles. The highest BCUT2D eigenvalue weighted by atomic mass is 16.5. The first-order chi connectivity index (χ1) is 9.74. The number of phenols is 3. The van der Waals surface area contributed by atoms with Crippen LogP contribution in [0, 0.1) is 0 Å². The zero-order chi connectivity index (χ0) is 16.6. The summed E-state index contributed by atoms with van der Waals surface area (Å²) in [6.07, 6.45) is 2.10. The van der Waals surface area contributed by atoms with Crippen molar-refractivity contribution in [3.63, 3.8) is 0 Å². The second-order valence-electron chi connectivity index (χ2n) is 3.76.